The smallest absolute Gasteiger partial charge is 0.142 e. The Hall–Kier alpha value is 1.01. The summed E-state index contributed by atoms with van der Waals surface area (Å²) in [5, 5.41) is 0. The summed E-state index contributed by atoms with van der Waals surface area (Å²) in [4.78, 5) is 2.95. The van der Waals surface area contributed by atoms with Gasteiger partial charge in [0.15, 0.2) is 0 Å². The van der Waals surface area contributed by atoms with Gasteiger partial charge in [-0.25, -0.2) is 0 Å². The fourth-order valence-corrected chi connectivity index (χ4v) is 2.92. The van der Waals surface area contributed by atoms with Crippen molar-refractivity contribution in [1.82, 2.24) is 0 Å². The maximum Gasteiger partial charge on any atom is 1.00 e. The zero-order valence-corrected chi connectivity index (χ0v) is 16.1. The van der Waals surface area contributed by atoms with Crippen molar-refractivity contribution in [3.8, 4) is 0 Å². The van der Waals surface area contributed by atoms with E-state index in [2.05, 4.69) is 12.6 Å². The molecular formula is C13H9Cl3NaS2+. The molecular weight excluding hydrogens is 350 g/mol. The van der Waals surface area contributed by atoms with Crippen molar-refractivity contribution in [3.63, 3.8) is 0 Å². The van der Waals surface area contributed by atoms with Crippen molar-refractivity contribution >= 4 is 59.2 Å². The van der Waals surface area contributed by atoms with Crippen molar-refractivity contribution in [3.05, 3.63) is 54.1 Å². The fraction of sp³-hybridized carbons (Fsp3) is 0.0769. The first-order valence-electron chi connectivity index (χ1n) is 5.10. The quantitative estimate of drug-likeness (QED) is 0.489. The van der Waals surface area contributed by atoms with E-state index in [9.17, 15) is 0 Å². The Bertz CT molecular complexity index is 541. The second kappa shape index (κ2) is 7.86. The second-order valence-corrected chi connectivity index (χ2v) is 7.47. The van der Waals surface area contributed by atoms with Gasteiger partial charge in [-0.05, 0) is 24.3 Å². The van der Waals surface area contributed by atoms with Crippen molar-refractivity contribution in [2.75, 3.05) is 0 Å². The van der Waals surface area contributed by atoms with Gasteiger partial charge < -0.3 is 0 Å². The summed E-state index contributed by atoms with van der Waals surface area (Å²) in [6, 6.07) is 15.5. The Kier molecular flexibility index (Phi) is 7.47. The van der Waals surface area contributed by atoms with E-state index >= 15 is 0 Å². The molecule has 0 aromatic heterocycles. The van der Waals surface area contributed by atoms with Gasteiger partial charge in [0.2, 0.25) is 3.79 Å². The summed E-state index contributed by atoms with van der Waals surface area (Å²) in [6.45, 7) is 0. The van der Waals surface area contributed by atoms with Crippen LogP contribution in [-0.4, -0.2) is 0 Å². The molecule has 0 aliphatic heterocycles. The van der Waals surface area contributed by atoms with Crippen LogP contribution in [0.15, 0.2) is 63.2 Å². The number of halogens is 3. The molecule has 0 saturated carbocycles. The minimum Gasteiger partial charge on any atom is -0.142 e. The third-order valence-electron chi connectivity index (χ3n) is 2.26. The Morgan fingerprint density at radius 2 is 1.58 bits per heavy atom. The molecule has 0 atom stereocenters. The van der Waals surface area contributed by atoms with Crippen LogP contribution in [0, 0.1) is 0 Å². The van der Waals surface area contributed by atoms with Crippen LogP contribution in [0.2, 0.25) is 0 Å². The van der Waals surface area contributed by atoms with Gasteiger partial charge >= 0.3 is 29.6 Å². The summed E-state index contributed by atoms with van der Waals surface area (Å²) in [6.07, 6.45) is 0. The summed E-state index contributed by atoms with van der Waals surface area (Å²) < 4.78 is -1.41. The van der Waals surface area contributed by atoms with Crippen molar-refractivity contribution in [1.29, 1.82) is 0 Å². The van der Waals surface area contributed by atoms with Crippen LogP contribution in [0.1, 0.15) is 5.56 Å². The van der Waals surface area contributed by atoms with E-state index in [4.69, 9.17) is 34.8 Å². The first-order valence-corrected chi connectivity index (χ1v) is 7.50. The van der Waals surface area contributed by atoms with E-state index in [-0.39, 0.29) is 29.6 Å². The third-order valence-corrected chi connectivity index (χ3v) is 4.52. The molecule has 2 aromatic carbocycles. The van der Waals surface area contributed by atoms with Crippen LogP contribution < -0.4 is 29.6 Å². The van der Waals surface area contributed by atoms with Gasteiger partial charge in [0.25, 0.3) is 0 Å². The van der Waals surface area contributed by atoms with Gasteiger partial charge in [-0.1, -0.05) is 70.8 Å². The molecule has 2 rings (SSSR count). The van der Waals surface area contributed by atoms with Gasteiger partial charge in [-0.3, -0.25) is 0 Å². The van der Waals surface area contributed by atoms with Crippen LogP contribution in [0.25, 0.3) is 0 Å². The van der Waals surface area contributed by atoms with Crippen molar-refractivity contribution < 1.29 is 29.6 Å². The molecule has 0 fully saturated rings. The average molecular weight is 359 g/mol. The number of hydrogen-bond acceptors (Lipinski definition) is 2. The average Bonchev–Trinajstić information content (AvgIpc) is 2.32. The van der Waals surface area contributed by atoms with Crippen molar-refractivity contribution in [2.45, 2.75) is 18.5 Å². The second-order valence-electron chi connectivity index (χ2n) is 3.60. The predicted octanol–water partition coefficient (Wildman–Crippen LogP) is 2.96. The first kappa shape index (κ1) is 18.1. The maximum atomic E-state index is 5.88. The summed E-state index contributed by atoms with van der Waals surface area (Å²) in [5.74, 6) is 0. The van der Waals surface area contributed by atoms with E-state index in [0.29, 0.717) is 5.56 Å². The maximum absolute atomic E-state index is 5.88. The Morgan fingerprint density at radius 3 is 2.16 bits per heavy atom. The zero-order chi connectivity index (χ0) is 13.2. The molecule has 0 spiro atoms. The minimum absolute atomic E-state index is 0. The van der Waals surface area contributed by atoms with E-state index < -0.39 is 3.79 Å². The van der Waals surface area contributed by atoms with Crippen LogP contribution in [0.4, 0.5) is 0 Å². The first-order chi connectivity index (χ1) is 8.47. The Balaban J connectivity index is 0.00000180. The van der Waals surface area contributed by atoms with Gasteiger partial charge in [0.05, 0.1) is 0 Å². The van der Waals surface area contributed by atoms with E-state index in [0.717, 1.165) is 14.7 Å². The van der Waals surface area contributed by atoms with E-state index in [1.54, 1.807) is 17.8 Å². The van der Waals surface area contributed by atoms with Gasteiger partial charge in [-0.15, -0.1) is 12.6 Å². The molecule has 0 heterocycles. The van der Waals surface area contributed by atoms with Gasteiger partial charge in [-0.2, -0.15) is 0 Å². The zero-order valence-electron chi connectivity index (χ0n) is 10.1. The van der Waals surface area contributed by atoms with E-state index in [1.807, 2.05) is 42.5 Å². The number of rotatable bonds is 2. The molecule has 94 valence electrons. The van der Waals surface area contributed by atoms with Crippen LogP contribution in [0.5, 0.6) is 0 Å². The number of alkyl halides is 3. The van der Waals surface area contributed by atoms with Crippen LogP contribution >= 0.6 is 59.2 Å². The SMILES string of the molecule is Sc1ccc(C(Cl)(Cl)Cl)cc1Sc1ccccc1.[Na+]. The van der Waals surface area contributed by atoms with Crippen LogP contribution in [-0.2, 0) is 3.79 Å². The third kappa shape index (κ3) is 5.37. The fourth-order valence-electron chi connectivity index (χ4n) is 1.39. The molecule has 0 saturated heterocycles. The van der Waals surface area contributed by atoms with E-state index in [1.165, 1.54) is 0 Å². The largest absolute Gasteiger partial charge is 1.00 e. The molecule has 2 aromatic rings. The Labute approximate surface area is 159 Å². The summed E-state index contributed by atoms with van der Waals surface area (Å²) in [5.41, 5.74) is 0.642. The molecule has 0 aliphatic carbocycles. The monoisotopic (exact) mass is 357 g/mol. The molecule has 0 bridgehead atoms. The number of thiol groups is 1. The predicted molar refractivity (Wildman–Crippen MR) is 83.5 cm³/mol. The summed E-state index contributed by atoms with van der Waals surface area (Å²) >= 11 is 23.7. The standard InChI is InChI=1S/C13H9Cl3S2.Na/c14-13(15,16)9-6-7-11(17)12(8-9)18-10-4-2-1-3-5-10;/h1-8,17H;/q;+1. The molecule has 0 radical (unpaired) electrons. The number of benzene rings is 2. The Morgan fingerprint density at radius 1 is 0.947 bits per heavy atom. The van der Waals surface area contributed by atoms with Crippen LogP contribution in [0.3, 0.4) is 0 Å². The molecule has 19 heavy (non-hydrogen) atoms. The normalized spacial score (nSPS) is 10.9. The number of hydrogen-bond donors (Lipinski definition) is 1. The van der Waals surface area contributed by atoms with Crippen molar-refractivity contribution in [2.24, 2.45) is 0 Å². The minimum atomic E-state index is -1.41. The molecule has 0 N–H and O–H groups in total. The molecule has 0 aliphatic rings. The molecule has 0 amide bonds. The topological polar surface area (TPSA) is 0 Å². The van der Waals surface area contributed by atoms with Gasteiger partial charge in [0, 0.05) is 20.2 Å². The molecule has 0 unspecified atom stereocenters. The molecule has 6 heteroatoms. The molecule has 0 nitrogen and oxygen atoms in total. The van der Waals surface area contributed by atoms with Gasteiger partial charge in [0.1, 0.15) is 0 Å². The summed E-state index contributed by atoms with van der Waals surface area (Å²) in [7, 11) is 0.